The Kier molecular flexibility index (Phi) is 6.49. The molecule has 0 saturated heterocycles. The largest absolute Gasteiger partial charge is 0.289 e. The Hall–Kier alpha value is -3.36. The topological polar surface area (TPSA) is 55.5 Å². The van der Waals surface area contributed by atoms with Crippen LogP contribution in [0.1, 0.15) is 12.5 Å². The standard InChI is InChI=1S/C26H23N2O2P/c1-20(27-19-21-15-17-22(18-16-21)28(29)30)25-13-8-14-26(25)31(23-9-4-2-5-10-23)24-11-6-3-7-12-24/h2-20,25H,1H3/t20-,25?/m1/s1. The maximum atomic E-state index is 10.8. The summed E-state index contributed by atoms with van der Waals surface area (Å²) in [5, 5.41) is 14.9. The lowest BCUT2D eigenvalue weighted by molar-refractivity contribution is -0.384. The van der Waals surface area contributed by atoms with Crippen molar-refractivity contribution in [2.75, 3.05) is 0 Å². The number of rotatable bonds is 7. The van der Waals surface area contributed by atoms with E-state index in [9.17, 15) is 10.1 Å². The molecule has 3 aromatic carbocycles. The highest BCUT2D eigenvalue weighted by Gasteiger charge is 2.29. The Morgan fingerprint density at radius 3 is 2.06 bits per heavy atom. The van der Waals surface area contributed by atoms with Gasteiger partial charge in [0.15, 0.2) is 0 Å². The molecule has 5 heteroatoms. The SMILES string of the molecule is C[C@@H](N=Cc1ccc([N+](=O)[O-])cc1)C1C=CC=C1P(c1ccccc1)c1ccccc1. The van der Waals surface area contributed by atoms with Crippen LogP contribution in [0.2, 0.25) is 0 Å². The van der Waals surface area contributed by atoms with Crippen LogP contribution in [0.3, 0.4) is 0 Å². The highest BCUT2D eigenvalue weighted by atomic mass is 31.1. The molecule has 1 unspecified atom stereocenters. The minimum absolute atomic E-state index is 0.0533. The van der Waals surface area contributed by atoms with Crippen LogP contribution in [0.4, 0.5) is 5.69 Å². The second-order valence-corrected chi connectivity index (χ2v) is 9.60. The van der Waals surface area contributed by atoms with E-state index in [-0.39, 0.29) is 22.6 Å². The van der Waals surface area contributed by atoms with E-state index in [1.807, 2.05) is 6.21 Å². The molecule has 0 N–H and O–H groups in total. The van der Waals surface area contributed by atoms with Gasteiger partial charge in [0.05, 0.1) is 11.0 Å². The van der Waals surface area contributed by atoms with Crippen molar-refractivity contribution >= 4 is 30.4 Å². The number of aliphatic imine (C=N–C) groups is 1. The summed E-state index contributed by atoms with van der Waals surface area (Å²) in [5.41, 5.74) is 0.948. The normalized spacial score (nSPS) is 16.6. The van der Waals surface area contributed by atoms with E-state index >= 15 is 0 Å². The van der Waals surface area contributed by atoms with Crippen LogP contribution in [0.15, 0.2) is 113 Å². The quantitative estimate of drug-likeness (QED) is 0.214. The van der Waals surface area contributed by atoms with E-state index in [0.29, 0.717) is 0 Å². The monoisotopic (exact) mass is 426 g/mol. The number of hydrogen-bond donors (Lipinski definition) is 0. The van der Waals surface area contributed by atoms with E-state index in [1.54, 1.807) is 12.1 Å². The van der Waals surface area contributed by atoms with Gasteiger partial charge >= 0.3 is 0 Å². The van der Waals surface area contributed by atoms with Crippen molar-refractivity contribution in [3.8, 4) is 0 Å². The van der Waals surface area contributed by atoms with Crippen molar-refractivity contribution in [2.24, 2.45) is 10.9 Å². The van der Waals surface area contributed by atoms with E-state index in [1.165, 1.54) is 28.1 Å². The van der Waals surface area contributed by atoms with Crippen LogP contribution in [0.5, 0.6) is 0 Å². The molecule has 1 aliphatic rings. The van der Waals surface area contributed by atoms with Crippen LogP contribution in [-0.4, -0.2) is 17.2 Å². The van der Waals surface area contributed by atoms with Gasteiger partial charge in [0, 0.05) is 24.3 Å². The Morgan fingerprint density at radius 2 is 1.52 bits per heavy atom. The highest BCUT2D eigenvalue weighted by Crippen LogP contribution is 2.50. The van der Waals surface area contributed by atoms with Crippen molar-refractivity contribution in [1.29, 1.82) is 0 Å². The molecule has 3 aromatic rings. The van der Waals surface area contributed by atoms with Crippen molar-refractivity contribution in [3.05, 3.63) is 124 Å². The van der Waals surface area contributed by atoms with Gasteiger partial charge < -0.3 is 0 Å². The molecule has 4 rings (SSSR count). The van der Waals surface area contributed by atoms with Crippen molar-refractivity contribution in [2.45, 2.75) is 13.0 Å². The lowest BCUT2D eigenvalue weighted by Gasteiger charge is -2.27. The molecule has 0 saturated carbocycles. The molecule has 0 heterocycles. The molecule has 31 heavy (non-hydrogen) atoms. The third-order valence-corrected chi connectivity index (χ3v) is 7.89. The molecule has 1 aliphatic carbocycles. The summed E-state index contributed by atoms with van der Waals surface area (Å²) >= 11 is 0. The molecule has 0 aromatic heterocycles. The van der Waals surface area contributed by atoms with E-state index in [2.05, 4.69) is 85.8 Å². The Balaban J connectivity index is 1.59. The van der Waals surface area contributed by atoms with Crippen LogP contribution < -0.4 is 10.6 Å². The number of hydrogen-bond acceptors (Lipinski definition) is 3. The second-order valence-electron chi connectivity index (χ2n) is 7.38. The van der Waals surface area contributed by atoms with Gasteiger partial charge in [-0.25, -0.2) is 0 Å². The summed E-state index contributed by atoms with van der Waals surface area (Å²) in [7, 11) is -0.651. The smallest absolute Gasteiger partial charge is 0.269 e. The average Bonchev–Trinajstić information content (AvgIpc) is 3.29. The van der Waals surface area contributed by atoms with Crippen LogP contribution in [0, 0.1) is 16.0 Å². The van der Waals surface area contributed by atoms with Gasteiger partial charge in [-0.15, -0.1) is 0 Å². The Morgan fingerprint density at radius 1 is 0.935 bits per heavy atom. The molecule has 0 spiro atoms. The first-order valence-corrected chi connectivity index (χ1v) is 11.5. The number of nitro groups is 1. The lowest BCUT2D eigenvalue weighted by Crippen LogP contribution is -2.20. The van der Waals surface area contributed by atoms with Crippen molar-refractivity contribution < 1.29 is 4.92 Å². The predicted molar refractivity (Wildman–Crippen MR) is 130 cm³/mol. The minimum atomic E-state index is -0.651. The molecular weight excluding hydrogens is 403 g/mol. The van der Waals surface area contributed by atoms with E-state index < -0.39 is 7.92 Å². The van der Waals surface area contributed by atoms with Gasteiger partial charge in [0.2, 0.25) is 0 Å². The fraction of sp³-hybridized carbons (Fsp3) is 0.115. The van der Waals surface area contributed by atoms with Crippen LogP contribution in [0.25, 0.3) is 0 Å². The minimum Gasteiger partial charge on any atom is -0.289 e. The number of nitrogens with zero attached hydrogens (tertiary/aromatic N) is 2. The number of allylic oxidation sites excluding steroid dienone is 2. The summed E-state index contributed by atoms with van der Waals surface area (Å²) in [6.45, 7) is 2.12. The zero-order valence-electron chi connectivity index (χ0n) is 17.2. The van der Waals surface area contributed by atoms with Gasteiger partial charge in [-0.2, -0.15) is 0 Å². The molecule has 0 aliphatic heterocycles. The van der Waals surface area contributed by atoms with Gasteiger partial charge in [-0.1, -0.05) is 78.9 Å². The maximum absolute atomic E-state index is 10.8. The molecule has 0 amide bonds. The number of benzene rings is 3. The van der Waals surface area contributed by atoms with Crippen LogP contribution >= 0.6 is 7.92 Å². The van der Waals surface area contributed by atoms with Gasteiger partial charge in [0.25, 0.3) is 5.69 Å². The Labute approximate surface area is 183 Å². The molecule has 154 valence electrons. The lowest BCUT2D eigenvalue weighted by atomic mass is 10.0. The molecule has 0 radical (unpaired) electrons. The molecule has 4 nitrogen and oxygen atoms in total. The van der Waals surface area contributed by atoms with Gasteiger partial charge in [-0.05, 0) is 48.5 Å². The zero-order valence-corrected chi connectivity index (χ0v) is 18.1. The third-order valence-electron chi connectivity index (χ3n) is 5.30. The summed E-state index contributed by atoms with van der Waals surface area (Å²) in [6.07, 6.45) is 8.42. The average molecular weight is 426 g/mol. The first kappa shape index (κ1) is 20.9. The third kappa shape index (κ3) is 4.87. The van der Waals surface area contributed by atoms with Gasteiger partial charge in [-0.3, -0.25) is 15.1 Å². The maximum Gasteiger partial charge on any atom is 0.269 e. The summed E-state index contributed by atoms with van der Waals surface area (Å²) in [6, 6.07) is 27.9. The summed E-state index contributed by atoms with van der Waals surface area (Å²) < 4.78 is 0. The molecule has 0 fully saturated rings. The van der Waals surface area contributed by atoms with E-state index in [0.717, 1.165) is 5.56 Å². The fourth-order valence-electron chi connectivity index (χ4n) is 3.69. The fourth-order valence-corrected chi connectivity index (χ4v) is 6.36. The first-order valence-electron chi connectivity index (χ1n) is 10.2. The molecular formula is C26H23N2O2P. The second kappa shape index (κ2) is 9.63. The molecule has 2 atom stereocenters. The van der Waals surface area contributed by atoms with Crippen molar-refractivity contribution in [3.63, 3.8) is 0 Å². The summed E-state index contributed by atoms with van der Waals surface area (Å²) in [4.78, 5) is 15.3. The summed E-state index contributed by atoms with van der Waals surface area (Å²) in [5.74, 6) is 0.209. The van der Waals surface area contributed by atoms with Gasteiger partial charge in [0.1, 0.15) is 0 Å². The Bertz CT molecular complexity index is 1080. The zero-order chi connectivity index (χ0) is 21.6. The van der Waals surface area contributed by atoms with Crippen molar-refractivity contribution in [1.82, 2.24) is 0 Å². The number of non-ortho nitro benzene ring substituents is 1. The number of nitro benzene ring substituents is 1. The highest BCUT2D eigenvalue weighted by molar-refractivity contribution is 7.76. The van der Waals surface area contributed by atoms with Crippen LogP contribution in [-0.2, 0) is 0 Å². The predicted octanol–water partition coefficient (Wildman–Crippen LogP) is 5.61. The molecule has 0 bridgehead atoms. The first-order chi connectivity index (χ1) is 15.1. The van der Waals surface area contributed by atoms with E-state index in [4.69, 9.17) is 4.99 Å².